The quantitative estimate of drug-likeness (QED) is 0.534. The number of ether oxygens (including phenoxy) is 1. The van der Waals surface area contributed by atoms with Crippen LogP contribution in [-0.2, 0) is 11.2 Å². The summed E-state index contributed by atoms with van der Waals surface area (Å²) >= 11 is 0. The number of benzene rings is 2. The first-order valence-corrected chi connectivity index (χ1v) is 7.69. The van der Waals surface area contributed by atoms with Gasteiger partial charge in [0.1, 0.15) is 12.3 Å². The Morgan fingerprint density at radius 3 is 2.50 bits per heavy atom. The number of anilines is 1. The zero-order valence-electron chi connectivity index (χ0n) is 13.7. The lowest BCUT2D eigenvalue weighted by atomic mass is 10.1. The first-order valence-electron chi connectivity index (χ1n) is 7.69. The van der Waals surface area contributed by atoms with Crippen LogP contribution in [0.3, 0.4) is 0 Å². The molecule has 1 amide bonds. The average Bonchev–Trinajstić information content (AvgIpc) is 2.61. The third kappa shape index (κ3) is 6.00. The molecule has 6 heteroatoms. The van der Waals surface area contributed by atoms with Crippen molar-refractivity contribution in [1.29, 1.82) is 0 Å². The second-order valence-electron chi connectivity index (χ2n) is 5.14. The van der Waals surface area contributed by atoms with E-state index < -0.39 is 0 Å². The highest BCUT2D eigenvalue weighted by atomic mass is 16.5. The molecule has 0 aliphatic rings. The normalized spacial score (nSPS) is 11.0. The number of methoxy groups -OCH3 is 1. The van der Waals surface area contributed by atoms with Crippen LogP contribution in [0, 0.1) is 0 Å². The largest absolute Gasteiger partial charge is 0.497 e. The van der Waals surface area contributed by atoms with Crippen LogP contribution in [0.2, 0.25) is 0 Å². The first kappa shape index (κ1) is 17.3. The zero-order valence-corrected chi connectivity index (χ0v) is 13.7. The molecule has 0 aliphatic carbocycles. The molecule has 0 radical (unpaired) electrons. The third-order valence-corrected chi connectivity index (χ3v) is 3.33. The summed E-state index contributed by atoms with van der Waals surface area (Å²) in [6.07, 6.45) is 0.788. The molecule has 0 fully saturated rings. The molecule has 0 unspecified atom stereocenters. The molecule has 0 heterocycles. The first-order chi connectivity index (χ1) is 11.7. The van der Waals surface area contributed by atoms with E-state index in [0.29, 0.717) is 6.54 Å². The van der Waals surface area contributed by atoms with E-state index in [0.717, 1.165) is 17.9 Å². The summed E-state index contributed by atoms with van der Waals surface area (Å²) in [7, 11) is 1.61. The second kappa shape index (κ2) is 9.19. The highest BCUT2D eigenvalue weighted by Gasteiger charge is 2.01. The topological polar surface area (TPSA) is 88.7 Å². The van der Waals surface area contributed by atoms with Crippen molar-refractivity contribution < 1.29 is 9.53 Å². The monoisotopic (exact) mass is 326 g/mol. The fraction of sp³-hybridized carbons (Fsp3) is 0.222. The van der Waals surface area contributed by atoms with Crippen molar-refractivity contribution in [2.75, 3.05) is 25.5 Å². The number of nitrogens with two attached hydrogens (primary N) is 1. The number of nitrogens with one attached hydrogen (secondary N) is 2. The van der Waals surface area contributed by atoms with Gasteiger partial charge in [-0.05, 0) is 36.2 Å². The van der Waals surface area contributed by atoms with Gasteiger partial charge in [-0.25, -0.2) is 4.99 Å². The zero-order chi connectivity index (χ0) is 17.2. The van der Waals surface area contributed by atoms with Gasteiger partial charge in [-0.2, -0.15) is 0 Å². The van der Waals surface area contributed by atoms with Gasteiger partial charge < -0.3 is 21.1 Å². The summed E-state index contributed by atoms with van der Waals surface area (Å²) in [6.45, 7) is 0.563. The molecular formula is C18H22N4O2. The van der Waals surface area contributed by atoms with E-state index in [1.54, 1.807) is 7.11 Å². The van der Waals surface area contributed by atoms with Crippen molar-refractivity contribution in [2.24, 2.45) is 10.7 Å². The van der Waals surface area contributed by atoms with Crippen LogP contribution in [0.25, 0.3) is 0 Å². The van der Waals surface area contributed by atoms with Gasteiger partial charge >= 0.3 is 0 Å². The van der Waals surface area contributed by atoms with Crippen molar-refractivity contribution in [1.82, 2.24) is 5.32 Å². The summed E-state index contributed by atoms with van der Waals surface area (Å²) in [6, 6.07) is 17.2. The van der Waals surface area contributed by atoms with Gasteiger partial charge in [0.2, 0.25) is 5.91 Å². The van der Waals surface area contributed by atoms with Crippen molar-refractivity contribution in [2.45, 2.75) is 6.42 Å². The summed E-state index contributed by atoms with van der Waals surface area (Å²) in [4.78, 5) is 15.8. The maximum Gasteiger partial charge on any atom is 0.241 e. The molecule has 0 bridgehead atoms. The van der Waals surface area contributed by atoms with Crippen LogP contribution in [-0.4, -0.2) is 32.1 Å². The van der Waals surface area contributed by atoms with Gasteiger partial charge in [-0.3, -0.25) is 4.79 Å². The smallest absolute Gasteiger partial charge is 0.241 e. The molecule has 4 N–H and O–H groups in total. The fourth-order valence-corrected chi connectivity index (χ4v) is 2.07. The minimum Gasteiger partial charge on any atom is -0.497 e. The summed E-state index contributed by atoms with van der Waals surface area (Å²) in [5, 5.41) is 5.74. The van der Waals surface area contributed by atoms with Crippen LogP contribution in [0.4, 0.5) is 5.69 Å². The van der Waals surface area contributed by atoms with E-state index in [9.17, 15) is 4.79 Å². The van der Waals surface area contributed by atoms with Crippen LogP contribution >= 0.6 is 0 Å². The molecule has 24 heavy (non-hydrogen) atoms. The molecule has 0 atom stereocenters. The van der Waals surface area contributed by atoms with Gasteiger partial charge in [-0.15, -0.1) is 0 Å². The second-order valence-corrected chi connectivity index (χ2v) is 5.14. The van der Waals surface area contributed by atoms with Crippen LogP contribution in [0.1, 0.15) is 5.56 Å². The average molecular weight is 326 g/mol. The lowest BCUT2D eigenvalue weighted by molar-refractivity contribution is -0.119. The number of carbonyl (C=O) groups is 1. The molecule has 2 aromatic carbocycles. The number of hydrogen-bond acceptors (Lipinski definition) is 3. The Morgan fingerprint density at radius 1 is 1.12 bits per heavy atom. The molecular weight excluding hydrogens is 304 g/mol. The molecule has 2 aromatic rings. The molecule has 6 nitrogen and oxygen atoms in total. The summed E-state index contributed by atoms with van der Waals surface area (Å²) in [5.41, 5.74) is 7.73. The Bertz CT molecular complexity index is 669. The van der Waals surface area contributed by atoms with E-state index in [4.69, 9.17) is 10.5 Å². The number of carbonyl (C=O) groups excluding carboxylic acids is 1. The van der Waals surface area contributed by atoms with Crippen molar-refractivity contribution >= 4 is 17.6 Å². The fourth-order valence-electron chi connectivity index (χ4n) is 2.07. The molecule has 0 saturated heterocycles. The lowest BCUT2D eigenvalue weighted by Gasteiger charge is -2.07. The van der Waals surface area contributed by atoms with E-state index in [1.807, 2.05) is 54.6 Å². The van der Waals surface area contributed by atoms with Crippen molar-refractivity contribution in [3.05, 3.63) is 60.2 Å². The van der Waals surface area contributed by atoms with Gasteiger partial charge in [0.25, 0.3) is 0 Å². The van der Waals surface area contributed by atoms with E-state index >= 15 is 0 Å². The van der Waals surface area contributed by atoms with Gasteiger partial charge in [0.05, 0.1) is 7.11 Å². The highest BCUT2D eigenvalue weighted by molar-refractivity contribution is 5.93. The molecule has 0 saturated carbocycles. The Morgan fingerprint density at radius 2 is 1.83 bits per heavy atom. The highest BCUT2D eigenvalue weighted by Crippen LogP contribution is 2.14. The van der Waals surface area contributed by atoms with Crippen LogP contribution < -0.4 is 21.1 Å². The van der Waals surface area contributed by atoms with Crippen molar-refractivity contribution in [3.8, 4) is 5.75 Å². The van der Waals surface area contributed by atoms with Gasteiger partial charge in [0.15, 0.2) is 5.96 Å². The predicted molar refractivity (Wildman–Crippen MR) is 96.3 cm³/mol. The summed E-state index contributed by atoms with van der Waals surface area (Å²) in [5.74, 6) is 0.789. The van der Waals surface area contributed by atoms with Gasteiger partial charge in [0, 0.05) is 12.2 Å². The van der Waals surface area contributed by atoms with E-state index in [-0.39, 0.29) is 18.4 Å². The predicted octanol–water partition coefficient (Wildman–Crippen LogP) is 1.78. The number of amides is 1. The maximum absolute atomic E-state index is 11.8. The van der Waals surface area contributed by atoms with Gasteiger partial charge in [-0.1, -0.05) is 30.3 Å². The third-order valence-electron chi connectivity index (χ3n) is 3.33. The Hall–Kier alpha value is -3.02. The molecule has 0 spiro atoms. The SMILES string of the molecule is COc1ccc(NC(N)=NCC(=O)NCCc2ccccc2)cc1. The number of nitrogens with zero attached hydrogens (tertiary/aromatic N) is 1. The molecule has 0 aromatic heterocycles. The Kier molecular flexibility index (Phi) is 6.64. The standard InChI is InChI=1S/C18H22N4O2/c1-24-16-9-7-15(8-10-16)22-18(19)21-13-17(23)20-12-11-14-5-3-2-4-6-14/h2-10H,11-13H2,1H3,(H,20,23)(H3,19,21,22). The maximum atomic E-state index is 11.8. The minimum absolute atomic E-state index is 0.0101. The molecule has 126 valence electrons. The summed E-state index contributed by atoms with van der Waals surface area (Å²) < 4.78 is 5.08. The Labute approximate surface area is 141 Å². The number of aliphatic imine (C=N–C) groups is 1. The van der Waals surface area contributed by atoms with Crippen molar-refractivity contribution in [3.63, 3.8) is 0 Å². The van der Waals surface area contributed by atoms with E-state index in [2.05, 4.69) is 15.6 Å². The van der Waals surface area contributed by atoms with Crippen LogP contribution in [0.15, 0.2) is 59.6 Å². The van der Waals surface area contributed by atoms with E-state index in [1.165, 1.54) is 5.56 Å². The minimum atomic E-state index is -0.162. The van der Waals surface area contributed by atoms with Crippen LogP contribution in [0.5, 0.6) is 5.75 Å². The number of hydrogen-bond donors (Lipinski definition) is 3. The number of guanidine groups is 1. The molecule has 2 rings (SSSR count). The number of rotatable bonds is 7. The Balaban J connectivity index is 1.71. The lowest BCUT2D eigenvalue weighted by Crippen LogP contribution is -2.30. The molecule has 0 aliphatic heterocycles.